The fourth-order valence-corrected chi connectivity index (χ4v) is 5.39. The number of aryl methyl sites for hydroxylation is 1. The Morgan fingerprint density at radius 2 is 1.74 bits per heavy atom. The summed E-state index contributed by atoms with van der Waals surface area (Å²) in [6, 6.07) is 12.2. The summed E-state index contributed by atoms with van der Waals surface area (Å²) in [6.45, 7) is 3.66. The van der Waals surface area contributed by atoms with Gasteiger partial charge in [0.25, 0.3) is 10.1 Å². The second kappa shape index (κ2) is 9.59. The number of aliphatic hydroxyl groups is 1. The second-order valence-electron chi connectivity index (χ2n) is 8.36. The lowest BCUT2D eigenvalue weighted by Crippen LogP contribution is -2.46. The Balaban J connectivity index is 1.80. The van der Waals surface area contributed by atoms with Crippen LogP contribution in [-0.2, 0) is 14.3 Å². The maximum atomic E-state index is 12.6. The summed E-state index contributed by atoms with van der Waals surface area (Å²) >= 11 is 0. The molecule has 0 aromatic heterocycles. The Labute approximate surface area is 185 Å². The van der Waals surface area contributed by atoms with E-state index in [1.165, 1.54) is 12.1 Å². The first kappa shape index (κ1) is 23.6. The molecule has 6 nitrogen and oxygen atoms in total. The lowest BCUT2D eigenvalue weighted by Gasteiger charge is -2.44. The zero-order valence-electron chi connectivity index (χ0n) is 18.6. The van der Waals surface area contributed by atoms with Crippen molar-refractivity contribution < 1.29 is 27.2 Å². The van der Waals surface area contributed by atoms with Gasteiger partial charge < -0.3 is 14.6 Å². The third-order valence-corrected chi connectivity index (χ3v) is 7.67. The largest absolute Gasteiger partial charge is 0.493 e. The van der Waals surface area contributed by atoms with Crippen LogP contribution in [-0.4, -0.2) is 40.0 Å². The minimum atomic E-state index is -3.89. The highest BCUT2D eigenvalue weighted by Gasteiger charge is 2.44. The molecule has 0 bridgehead atoms. The molecule has 3 unspecified atom stereocenters. The maximum absolute atomic E-state index is 12.6. The van der Waals surface area contributed by atoms with Crippen LogP contribution in [0.25, 0.3) is 0 Å². The van der Waals surface area contributed by atoms with Crippen LogP contribution in [0.4, 0.5) is 0 Å². The van der Waals surface area contributed by atoms with E-state index in [4.69, 9.17) is 13.7 Å². The third kappa shape index (κ3) is 5.05. The number of rotatable bonds is 8. The Morgan fingerprint density at radius 3 is 2.39 bits per heavy atom. The van der Waals surface area contributed by atoms with Crippen LogP contribution in [0.3, 0.4) is 0 Å². The molecule has 3 atom stereocenters. The average molecular weight is 449 g/mol. The van der Waals surface area contributed by atoms with E-state index < -0.39 is 15.7 Å². The molecule has 7 heteroatoms. The van der Waals surface area contributed by atoms with E-state index in [1.807, 2.05) is 32.0 Å². The van der Waals surface area contributed by atoms with E-state index in [1.54, 1.807) is 26.4 Å². The van der Waals surface area contributed by atoms with E-state index in [9.17, 15) is 13.5 Å². The van der Waals surface area contributed by atoms with E-state index in [2.05, 4.69) is 0 Å². The summed E-state index contributed by atoms with van der Waals surface area (Å²) in [6.07, 6.45) is 3.27. The van der Waals surface area contributed by atoms with Crippen LogP contribution in [0.1, 0.15) is 49.7 Å². The number of methoxy groups -OCH3 is 2. The van der Waals surface area contributed by atoms with Gasteiger partial charge in [0.15, 0.2) is 11.5 Å². The highest BCUT2D eigenvalue weighted by Crippen LogP contribution is 2.47. The normalized spacial score (nSPS) is 22.7. The number of ether oxygens (including phenoxy) is 2. The lowest BCUT2D eigenvalue weighted by atomic mass is 9.66. The van der Waals surface area contributed by atoms with E-state index >= 15 is 0 Å². The molecular weight excluding hydrogens is 416 g/mol. The first-order valence-corrected chi connectivity index (χ1v) is 12.0. The van der Waals surface area contributed by atoms with Crippen LogP contribution >= 0.6 is 0 Å². The molecule has 2 aromatic carbocycles. The fraction of sp³-hybridized carbons (Fsp3) is 0.500. The highest BCUT2D eigenvalue weighted by molar-refractivity contribution is 7.86. The highest BCUT2D eigenvalue weighted by atomic mass is 32.2. The van der Waals surface area contributed by atoms with Gasteiger partial charge in [0.2, 0.25) is 0 Å². The van der Waals surface area contributed by atoms with E-state index in [0.29, 0.717) is 17.9 Å². The van der Waals surface area contributed by atoms with E-state index in [-0.39, 0.29) is 23.3 Å². The van der Waals surface area contributed by atoms with Crippen LogP contribution in [0.2, 0.25) is 0 Å². The zero-order chi connectivity index (χ0) is 22.6. The standard InChI is InChI=1S/C24H32O6S/c1-17-8-11-20(12-9-17)31(26,27)30-16-18(2)24(25)14-6-5-7-21(24)19-10-13-22(28-3)23(15-19)29-4/h8-13,15,18,21,25H,5-7,14,16H2,1-4H3. The van der Waals surface area contributed by atoms with Crippen molar-refractivity contribution in [2.75, 3.05) is 20.8 Å². The molecule has 1 fully saturated rings. The smallest absolute Gasteiger partial charge is 0.296 e. The molecular formula is C24H32O6S. The van der Waals surface area contributed by atoms with Gasteiger partial charge in [-0.25, -0.2) is 0 Å². The summed E-state index contributed by atoms with van der Waals surface area (Å²) in [7, 11) is -0.717. The van der Waals surface area contributed by atoms with Gasteiger partial charge in [0.05, 0.1) is 31.3 Å². The molecule has 0 spiro atoms. The first-order valence-electron chi connectivity index (χ1n) is 10.6. The van der Waals surface area contributed by atoms with Gasteiger partial charge in [-0.2, -0.15) is 8.42 Å². The molecule has 1 N–H and O–H groups in total. The van der Waals surface area contributed by atoms with Crippen molar-refractivity contribution in [1.82, 2.24) is 0 Å². The van der Waals surface area contributed by atoms with Crippen molar-refractivity contribution >= 4 is 10.1 Å². The average Bonchev–Trinajstić information content (AvgIpc) is 2.77. The third-order valence-electron chi connectivity index (χ3n) is 6.37. The Morgan fingerprint density at radius 1 is 1.06 bits per heavy atom. The molecule has 3 rings (SSSR count). The summed E-state index contributed by atoms with van der Waals surface area (Å²) in [4.78, 5) is 0.123. The SMILES string of the molecule is COc1ccc(C2CCCCC2(O)C(C)COS(=O)(=O)c2ccc(C)cc2)cc1OC. The summed E-state index contributed by atoms with van der Waals surface area (Å²) < 4.78 is 41.3. The molecule has 2 aromatic rings. The van der Waals surface area contributed by atoms with Crippen molar-refractivity contribution in [1.29, 1.82) is 0 Å². The summed E-state index contributed by atoms with van der Waals surface area (Å²) in [5.74, 6) is 0.706. The number of hydrogen-bond acceptors (Lipinski definition) is 6. The van der Waals surface area contributed by atoms with Gasteiger partial charge in [-0.3, -0.25) is 4.18 Å². The van der Waals surface area contributed by atoms with Crippen molar-refractivity contribution in [3.63, 3.8) is 0 Å². The monoisotopic (exact) mass is 448 g/mol. The number of hydrogen-bond donors (Lipinski definition) is 1. The molecule has 1 aliphatic carbocycles. The molecule has 0 radical (unpaired) electrons. The van der Waals surface area contributed by atoms with Crippen LogP contribution in [0.5, 0.6) is 11.5 Å². The maximum Gasteiger partial charge on any atom is 0.296 e. The van der Waals surface area contributed by atoms with Gasteiger partial charge >= 0.3 is 0 Å². The molecule has 0 heterocycles. The molecule has 1 saturated carbocycles. The Hall–Kier alpha value is -2.09. The van der Waals surface area contributed by atoms with Gasteiger partial charge in [-0.05, 0) is 49.6 Å². The van der Waals surface area contributed by atoms with Gasteiger partial charge in [0.1, 0.15) is 0 Å². The molecule has 0 amide bonds. The predicted octanol–water partition coefficient (Wildman–Crippen LogP) is 4.44. The fourth-order valence-electron chi connectivity index (χ4n) is 4.40. The van der Waals surface area contributed by atoms with Crippen molar-refractivity contribution in [2.45, 2.75) is 55.9 Å². The molecule has 0 saturated heterocycles. The van der Waals surface area contributed by atoms with Crippen molar-refractivity contribution in [3.8, 4) is 11.5 Å². The van der Waals surface area contributed by atoms with Crippen LogP contribution in [0.15, 0.2) is 47.4 Å². The minimum absolute atomic E-state index is 0.0868. The summed E-state index contributed by atoms with van der Waals surface area (Å²) in [5.41, 5.74) is 0.843. The van der Waals surface area contributed by atoms with Crippen LogP contribution < -0.4 is 9.47 Å². The van der Waals surface area contributed by atoms with Gasteiger partial charge in [0, 0.05) is 11.8 Å². The number of benzene rings is 2. The van der Waals surface area contributed by atoms with Crippen molar-refractivity contribution in [3.05, 3.63) is 53.6 Å². The van der Waals surface area contributed by atoms with E-state index in [0.717, 1.165) is 30.4 Å². The van der Waals surface area contributed by atoms with Gasteiger partial charge in [-0.1, -0.05) is 43.5 Å². The Bertz CT molecular complexity index is 986. The molecule has 1 aliphatic rings. The second-order valence-corrected chi connectivity index (χ2v) is 9.97. The molecule has 170 valence electrons. The summed E-state index contributed by atoms with van der Waals surface area (Å²) in [5, 5.41) is 11.7. The minimum Gasteiger partial charge on any atom is -0.493 e. The lowest BCUT2D eigenvalue weighted by molar-refractivity contribution is -0.0729. The first-order chi connectivity index (χ1) is 14.7. The quantitative estimate of drug-likeness (QED) is 0.601. The molecule has 0 aliphatic heterocycles. The topological polar surface area (TPSA) is 82.1 Å². The zero-order valence-corrected chi connectivity index (χ0v) is 19.4. The van der Waals surface area contributed by atoms with Crippen molar-refractivity contribution in [2.24, 2.45) is 5.92 Å². The van der Waals surface area contributed by atoms with Gasteiger partial charge in [-0.15, -0.1) is 0 Å². The Kier molecular flexibility index (Phi) is 7.29. The predicted molar refractivity (Wildman–Crippen MR) is 119 cm³/mol. The molecule has 31 heavy (non-hydrogen) atoms. The van der Waals surface area contributed by atoms with Crippen LogP contribution in [0, 0.1) is 12.8 Å².